The van der Waals surface area contributed by atoms with Gasteiger partial charge in [-0.3, -0.25) is 0 Å². The maximum Gasteiger partial charge on any atom is 0.0994 e. The summed E-state index contributed by atoms with van der Waals surface area (Å²) in [5.74, 6) is 0.643. The molecule has 0 heterocycles. The number of nitrogens with zero attached hydrogens (tertiary/aromatic N) is 1. The van der Waals surface area contributed by atoms with Gasteiger partial charge in [0.25, 0.3) is 0 Å². The molecule has 0 spiro atoms. The Kier molecular flexibility index (Phi) is 4.31. The zero-order chi connectivity index (χ0) is 10.6. The van der Waals surface area contributed by atoms with Crippen molar-refractivity contribution < 1.29 is 0 Å². The van der Waals surface area contributed by atoms with Gasteiger partial charge in [0.2, 0.25) is 0 Å². The fourth-order valence-electron chi connectivity index (χ4n) is 1.10. The van der Waals surface area contributed by atoms with Crippen LogP contribution in [-0.4, -0.2) is 11.1 Å². The molecule has 0 saturated carbocycles. The van der Waals surface area contributed by atoms with Crippen LogP contribution in [0, 0.1) is 18.3 Å². The first-order chi connectivity index (χ1) is 6.67. The van der Waals surface area contributed by atoms with Gasteiger partial charge >= 0.3 is 0 Å². The van der Waals surface area contributed by atoms with Gasteiger partial charge in [-0.1, -0.05) is 6.92 Å². The van der Waals surface area contributed by atoms with Crippen molar-refractivity contribution in [3.63, 3.8) is 0 Å². The average Bonchev–Trinajstić information content (AvgIpc) is 2.18. The molecule has 0 aliphatic rings. The lowest BCUT2D eigenvalue weighted by Crippen LogP contribution is -1.96. The van der Waals surface area contributed by atoms with Gasteiger partial charge in [0.1, 0.15) is 0 Å². The zero-order valence-corrected chi connectivity index (χ0v) is 9.82. The van der Waals surface area contributed by atoms with E-state index in [0.29, 0.717) is 11.1 Å². The molecule has 0 aliphatic heterocycles. The van der Waals surface area contributed by atoms with Crippen molar-refractivity contribution in [1.29, 1.82) is 5.26 Å². The second kappa shape index (κ2) is 5.29. The van der Waals surface area contributed by atoms with Gasteiger partial charge in [0.15, 0.2) is 0 Å². The van der Waals surface area contributed by atoms with Crippen LogP contribution in [0.2, 0.25) is 0 Å². The summed E-state index contributed by atoms with van der Waals surface area (Å²) in [4.78, 5) is 1.18. The highest BCUT2D eigenvalue weighted by Gasteiger charge is 2.04. The normalized spacial score (nSPS) is 12.1. The highest BCUT2D eigenvalue weighted by atomic mass is 35.5. The molecule has 0 aromatic heterocycles. The number of aryl methyl sites for hydroxylation is 1. The third-order valence-corrected chi connectivity index (χ3v) is 3.61. The fourth-order valence-corrected chi connectivity index (χ4v) is 2.21. The Hall–Kier alpha value is -0.650. The van der Waals surface area contributed by atoms with Gasteiger partial charge in [-0.25, -0.2) is 0 Å². The van der Waals surface area contributed by atoms with Crippen molar-refractivity contribution in [3.8, 4) is 6.07 Å². The highest BCUT2D eigenvalue weighted by molar-refractivity contribution is 8.00. The number of hydrogen-bond donors (Lipinski definition) is 0. The molecule has 0 aliphatic carbocycles. The average molecular weight is 226 g/mol. The SMILES string of the molecule is Cc1cc(SC(C)CCl)ccc1C#N. The topological polar surface area (TPSA) is 23.8 Å². The summed E-state index contributed by atoms with van der Waals surface area (Å²) >= 11 is 7.46. The maximum absolute atomic E-state index is 8.76. The molecule has 0 bridgehead atoms. The van der Waals surface area contributed by atoms with E-state index in [1.807, 2.05) is 25.1 Å². The van der Waals surface area contributed by atoms with Gasteiger partial charge < -0.3 is 0 Å². The molecule has 3 heteroatoms. The molecule has 1 rings (SSSR count). The summed E-state index contributed by atoms with van der Waals surface area (Å²) in [6.07, 6.45) is 0. The minimum atomic E-state index is 0.406. The van der Waals surface area contributed by atoms with Gasteiger partial charge in [-0.05, 0) is 30.7 Å². The number of halogens is 1. The Morgan fingerprint density at radius 1 is 1.57 bits per heavy atom. The van der Waals surface area contributed by atoms with Crippen LogP contribution in [0.3, 0.4) is 0 Å². The zero-order valence-electron chi connectivity index (χ0n) is 8.25. The van der Waals surface area contributed by atoms with E-state index < -0.39 is 0 Å². The number of rotatable bonds is 3. The molecule has 1 unspecified atom stereocenters. The van der Waals surface area contributed by atoms with Crippen LogP contribution < -0.4 is 0 Å². The predicted molar refractivity (Wildman–Crippen MR) is 61.9 cm³/mol. The number of alkyl halides is 1. The van der Waals surface area contributed by atoms with Crippen LogP contribution in [0.5, 0.6) is 0 Å². The molecule has 0 N–H and O–H groups in total. The van der Waals surface area contributed by atoms with E-state index in [4.69, 9.17) is 16.9 Å². The second-order valence-electron chi connectivity index (χ2n) is 3.17. The number of thioether (sulfide) groups is 1. The van der Waals surface area contributed by atoms with Gasteiger partial charge in [0, 0.05) is 16.0 Å². The molecule has 14 heavy (non-hydrogen) atoms. The van der Waals surface area contributed by atoms with Crippen LogP contribution >= 0.6 is 23.4 Å². The quantitative estimate of drug-likeness (QED) is 0.580. The van der Waals surface area contributed by atoms with E-state index in [-0.39, 0.29) is 0 Å². The largest absolute Gasteiger partial charge is 0.192 e. The highest BCUT2D eigenvalue weighted by Crippen LogP contribution is 2.25. The van der Waals surface area contributed by atoms with Crippen LogP contribution in [0.1, 0.15) is 18.1 Å². The van der Waals surface area contributed by atoms with Crippen LogP contribution in [-0.2, 0) is 0 Å². The fraction of sp³-hybridized carbons (Fsp3) is 0.364. The van der Waals surface area contributed by atoms with E-state index in [1.165, 1.54) is 4.90 Å². The minimum absolute atomic E-state index is 0.406. The molecule has 74 valence electrons. The number of nitriles is 1. The summed E-state index contributed by atoms with van der Waals surface area (Å²) in [6.45, 7) is 4.04. The summed E-state index contributed by atoms with van der Waals surface area (Å²) in [7, 11) is 0. The van der Waals surface area contributed by atoms with E-state index in [2.05, 4.69) is 13.0 Å². The smallest absolute Gasteiger partial charge is 0.0994 e. The van der Waals surface area contributed by atoms with Crippen molar-refractivity contribution in [2.45, 2.75) is 24.0 Å². The van der Waals surface area contributed by atoms with Crippen LogP contribution in [0.15, 0.2) is 23.1 Å². The Morgan fingerprint density at radius 2 is 2.29 bits per heavy atom. The van der Waals surface area contributed by atoms with Crippen molar-refractivity contribution in [3.05, 3.63) is 29.3 Å². The summed E-state index contributed by atoms with van der Waals surface area (Å²) in [6, 6.07) is 8.02. The van der Waals surface area contributed by atoms with E-state index >= 15 is 0 Å². The third kappa shape index (κ3) is 2.94. The summed E-state index contributed by atoms with van der Waals surface area (Å²) in [5.41, 5.74) is 1.77. The van der Waals surface area contributed by atoms with Crippen molar-refractivity contribution in [1.82, 2.24) is 0 Å². The molecule has 1 nitrogen and oxygen atoms in total. The summed E-state index contributed by atoms with van der Waals surface area (Å²) in [5, 5.41) is 9.17. The molecule has 1 aromatic rings. The molecule has 1 aromatic carbocycles. The first-order valence-electron chi connectivity index (χ1n) is 4.40. The Morgan fingerprint density at radius 3 is 2.79 bits per heavy atom. The molecule has 0 amide bonds. The number of benzene rings is 1. The Balaban J connectivity index is 2.82. The lowest BCUT2D eigenvalue weighted by atomic mass is 10.1. The third-order valence-electron chi connectivity index (χ3n) is 1.87. The lowest BCUT2D eigenvalue weighted by Gasteiger charge is -2.08. The molecule has 0 saturated heterocycles. The number of hydrogen-bond acceptors (Lipinski definition) is 2. The lowest BCUT2D eigenvalue weighted by molar-refractivity contribution is 1.12. The van der Waals surface area contributed by atoms with Gasteiger partial charge in [-0.15, -0.1) is 23.4 Å². The van der Waals surface area contributed by atoms with E-state index in [9.17, 15) is 0 Å². The monoisotopic (exact) mass is 225 g/mol. The Bertz CT molecular complexity index is 357. The van der Waals surface area contributed by atoms with E-state index in [1.54, 1.807) is 11.8 Å². The molecule has 0 radical (unpaired) electrons. The van der Waals surface area contributed by atoms with Gasteiger partial charge in [-0.2, -0.15) is 5.26 Å². The molecule has 0 fully saturated rings. The first-order valence-corrected chi connectivity index (χ1v) is 5.82. The molecular formula is C11H12ClNS. The predicted octanol–water partition coefficient (Wildman–Crippen LogP) is 3.59. The van der Waals surface area contributed by atoms with Crippen LogP contribution in [0.25, 0.3) is 0 Å². The Labute approximate surface area is 94.1 Å². The second-order valence-corrected chi connectivity index (χ2v) is 4.99. The minimum Gasteiger partial charge on any atom is -0.192 e. The van der Waals surface area contributed by atoms with Crippen molar-refractivity contribution in [2.75, 3.05) is 5.88 Å². The summed E-state index contributed by atoms with van der Waals surface area (Å²) < 4.78 is 0. The van der Waals surface area contributed by atoms with Crippen molar-refractivity contribution >= 4 is 23.4 Å². The maximum atomic E-state index is 8.76. The van der Waals surface area contributed by atoms with Gasteiger partial charge in [0.05, 0.1) is 11.6 Å². The molecular weight excluding hydrogens is 214 g/mol. The van der Waals surface area contributed by atoms with Crippen LogP contribution in [0.4, 0.5) is 0 Å². The molecule has 1 atom stereocenters. The first kappa shape index (κ1) is 11.4. The van der Waals surface area contributed by atoms with Crippen molar-refractivity contribution in [2.24, 2.45) is 0 Å². The standard InChI is InChI=1S/C11H12ClNS/c1-8-5-11(14-9(2)6-12)4-3-10(8)7-13/h3-5,9H,6H2,1-2H3. The van der Waals surface area contributed by atoms with E-state index in [0.717, 1.165) is 11.1 Å².